The van der Waals surface area contributed by atoms with E-state index in [1.165, 1.54) is 20.3 Å². The van der Waals surface area contributed by atoms with E-state index < -0.39 is 4.92 Å². The molecule has 0 fully saturated rings. The zero-order valence-electron chi connectivity index (χ0n) is 15.2. The van der Waals surface area contributed by atoms with Gasteiger partial charge in [0.05, 0.1) is 33.4 Å². The average Bonchev–Trinajstić information content (AvgIpc) is 2.66. The second-order valence-corrected chi connectivity index (χ2v) is 5.46. The maximum absolute atomic E-state index is 11.2. The molecule has 0 aliphatic heterocycles. The predicted molar refractivity (Wildman–Crippen MR) is 98.5 cm³/mol. The highest BCUT2D eigenvalue weighted by Crippen LogP contribution is 2.39. The second-order valence-electron chi connectivity index (χ2n) is 5.46. The first-order valence-corrected chi connectivity index (χ1v) is 7.74. The van der Waals surface area contributed by atoms with E-state index in [9.17, 15) is 10.1 Å². The van der Waals surface area contributed by atoms with Gasteiger partial charge in [0.15, 0.2) is 17.2 Å². The Labute approximate surface area is 151 Å². The molecule has 0 N–H and O–H groups in total. The van der Waals surface area contributed by atoms with Crippen LogP contribution in [0.4, 0.5) is 5.69 Å². The van der Waals surface area contributed by atoms with E-state index in [4.69, 9.17) is 18.9 Å². The Morgan fingerprint density at radius 1 is 0.962 bits per heavy atom. The summed E-state index contributed by atoms with van der Waals surface area (Å²) in [5, 5.41) is 11.2. The van der Waals surface area contributed by atoms with Gasteiger partial charge in [-0.05, 0) is 41.3 Å². The van der Waals surface area contributed by atoms with Gasteiger partial charge in [0.1, 0.15) is 0 Å². The number of nitrogens with zero attached hydrogens (tertiary/aromatic N) is 1. The lowest BCUT2D eigenvalue weighted by atomic mass is 9.98. The molecule has 0 atom stereocenters. The Hall–Kier alpha value is -3.22. The van der Waals surface area contributed by atoms with Gasteiger partial charge in [0.2, 0.25) is 5.75 Å². The second kappa shape index (κ2) is 8.24. The SMILES string of the molecule is C=C(Cc1cc(OC)c(OC)c(OC)c1)c1ccc(OC)c([N+](=O)[O-])c1. The number of methoxy groups -OCH3 is 4. The summed E-state index contributed by atoms with van der Waals surface area (Å²) in [6.07, 6.45) is 0.459. The number of nitro benzene ring substituents is 1. The minimum atomic E-state index is -0.477. The molecule has 0 spiro atoms. The van der Waals surface area contributed by atoms with Crippen molar-refractivity contribution in [3.63, 3.8) is 0 Å². The number of nitro groups is 1. The maximum Gasteiger partial charge on any atom is 0.311 e. The van der Waals surface area contributed by atoms with Crippen molar-refractivity contribution in [1.29, 1.82) is 0 Å². The molecule has 0 bridgehead atoms. The van der Waals surface area contributed by atoms with Crippen molar-refractivity contribution in [3.8, 4) is 23.0 Å². The zero-order chi connectivity index (χ0) is 19.3. The van der Waals surface area contributed by atoms with Crippen molar-refractivity contribution in [2.45, 2.75) is 6.42 Å². The highest BCUT2D eigenvalue weighted by Gasteiger charge is 2.18. The van der Waals surface area contributed by atoms with Crippen LogP contribution in [0.3, 0.4) is 0 Å². The lowest BCUT2D eigenvalue weighted by Crippen LogP contribution is -1.99. The van der Waals surface area contributed by atoms with E-state index in [1.807, 2.05) is 12.1 Å². The lowest BCUT2D eigenvalue weighted by molar-refractivity contribution is -0.385. The standard InChI is InChI=1S/C19H21NO6/c1-12(14-6-7-16(23-2)15(11-14)20(21)22)8-13-9-17(24-3)19(26-5)18(10-13)25-4/h6-7,9-11H,1,8H2,2-5H3. The van der Waals surface area contributed by atoms with Crippen molar-refractivity contribution >= 4 is 11.3 Å². The molecule has 0 saturated carbocycles. The Bertz CT molecular complexity index is 806. The molecular formula is C19H21NO6. The molecule has 0 aliphatic carbocycles. The summed E-state index contributed by atoms with van der Waals surface area (Å²) in [6.45, 7) is 4.05. The van der Waals surface area contributed by atoms with E-state index in [2.05, 4.69) is 6.58 Å². The fourth-order valence-corrected chi connectivity index (χ4v) is 2.64. The predicted octanol–water partition coefficient (Wildman–Crippen LogP) is 3.89. The molecular weight excluding hydrogens is 338 g/mol. The van der Waals surface area contributed by atoms with E-state index >= 15 is 0 Å². The van der Waals surface area contributed by atoms with Crippen molar-refractivity contribution in [3.05, 3.63) is 58.2 Å². The molecule has 7 heteroatoms. The summed E-state index contributed by atoms with van der Waals surface area (Å²) in [5.74, 6) is 1.79. The van der Waals surface area contributed by atoms with E-state index in [1.54, 1.807) is 26.4 Å². The monoisotopic (exact) mass is 359 g/mol. The molecule has 0 aliphatic rings. The van der Waals surface area contributed by atoms with Crippen molar-refractivity contribution in [2.75, 3.05) is 28.4 Å². The van der Waals surface area contributed by atoms with Crippen LogP contribution >= 0.6 is 0 Å². The van der Waals surface area contributed by atoms with Gasteiger partial charge in [0.25, 0.3) is 0 Å². The number of ether oxygens (including phenoxy) is 4. The number of hydrogen-bond donors (Lipinski definition) is 0. The number of benzene rings is 2. The summed E-state index contributed by atoms with van der Waals surface area (Å²) in [5.41, 5.74) is 2.15. The minimum absolute atomic E-state index is 0.101. The third kappa shape index (κ3) is 3.88. The smallest absolute Gasteiger partial charge is 0.311 e. The minimum Gasteiger partial charge on any atom is -0.493 e. The largest absolute Gasteiger partial charge is 0.493 e. The Balaban J connectivity index is 2.35. The van der Waals surface area contributed by atoms with Crippen LogP contribution in [0, 0.1) is 10.1 Å². The van der Waals surface area contributed by atoms with Crippen molar-refractivity contribution < 1.29 is 23.9 Å². The molecule has 0 heterocycles. The van der Waals surface area contributed by atoms with E-state index in [-0.39, 0.29) is 11.4 Å². The first-order valence-electron chi connectivity index (χ1n) is 7.74. The summed E-state index contributed by atoms with van der Waals surface area (Å²) in [6, 6.07) is 8.41. The van der Waals surface area contributed by atoms with E-state index in [0.717, 1.165) is 5.56 Å². The molecule has 138 valence electrons. The van der Waals surface area contributed by atoms with Crippen LogP contribution in [-0.4, -0.2) is 33.4 Å². The molecule has 2 rings (SSSR count). The van der Waals surface area contributed by atoms with Gasteiger partial charge in [-0.3, -0.25) is 10.1 Å². The third-order valence-electron chi connectivity index (χ3n) is 3.93. The molecule has 0 unspecified atom stereocenters. The van der Waals surface area contributed by atoms with Crippen LogP contribution in [0.15, 0.2) is 36.9 Å². The maximum atomic E-state index is 11.2. The third-order valence-corrected chi connectivity index (χ3v) is 3.93. The van der Waals surface area contributed by atoms with Gasteiger partial charge >= 0.3 is 5.69 Å². The summed E-state index contributed by atoms with van der Waals surface area (Å²) in [4.78, 5) is 10.7. The molecule has 0 saturated heterocycles. The van der Waals surface area contributed by atoms with Crippen LogP contribution in [0.2, 0.25) is 0 Å². The molecule has 2 aromatic carbocycles. The molecule has 0 radical (unpaired) electrons. The molecule has 0 aromatic heterocycles. The number of rotatable bonds is 8. The van der Waals surface area contributed by atoms with Gasteiger partial charge < -0.3 is 18.9 Å². The van der Waals surface area contributed by atoms with Crippen LogP contribution in [0.5, 0.6) is 23.0 Å². The first kappa shape index (κ1) is 19.1. The van der Waals surface area contributed by atoms with E-state index in [0.29, 0.717) is 34.8 Å². The molecule has 7 nitrogen and oxygen atoms in total. The lowest BCUT2D eigenvalue weighted by Gasteiger charge is -2.15. The van der Waals surface area contributed by atoms with Crippen LogP contribution in [0.25, 0.3) is 5.57 Å². The van der Waals surface area contributed by atoms with Gasteiger partial charge in [0, 0.05) is 6.07 Å². The fourth-order valence-electron chi connectivity index (χ4n) is 2.64. The number of allylic oxidation sites excluding steroid dienone is 1. The first-order chi connectivity index (χ1) is 12.4. The summed E-state index contributed by atoms with van der Waals surface area (Å²) < 4.78 is 21.0. The quantitative estimate of drug-likeness (QED) is 0.525. The van der Waals surface area contributed by atoms with Gasteiger partial charge in [-0.1, -0.05) is 12.6 Å². The Kier molecular flexibility index (Phi) is 6.06. The van der Waals surface area contributed by atoms with Crippen LogP contribution in [-0.2, 0) is 6.42 Å². The highest BCUT2D eigenvalue weighted by molar-refractivity contribution is 5.70. The van der Waals surface area contributed by atoms with Crippen LogP contribution in [0.1, 0.15) is 11.1 Å². The van der Waals surface area contributed by atoms with Crippen molar-refractivity contribution in [1.82, 2.24) is 0 Å². The van der Waals surface area contributed by atoms with Crippen LogP contribution < -0.4 is 18.9 Å². The summed E-state index contributed by atoms with van der Waals surface area (Å²) >= 11 is 0. The summed E-state index contributed by atoms with van der Waals surface area (Å²) in [7, 11) is 6.02. The van der Waals surface area contributed by atoms with Crippen molar-refractivity contribution in [2.24, 2.45) is 0 Å². The molecule has 2 aromatic rings. The normalized spacial score (nSPS) is 10.2. The fraction of sp³-hybridized carbons (Fsp3) is 0.263. The Morgan fingerprint density at radius 3 is 2.00 bits per heavy atom. The van der Waals surface area contributed by atoms with Gasteiger partial charge in [-0.2, -0.15) is 0 Å². The molecule has 26 heavy (non-hydrogen) atoms. The topological polar surface area (TPSA) is 80.1 Å². The Morgan fingerprint density at radius 2 is 1.54 bits per heavy atom. The zero-order valence-corrected chi connectivity index (χ0v) is 15.2. The highest BCUT2D eigenvalue weighted by atomic mass is 16.6. The van der Waals surface area contributed by atoms with Gasteiger partial charge in [-0.25, -0.2) is 0 Å². The average molecular weight is 359 g/mol. The van der Waals surface area contributed by atoms with Gasteiger partial charge in [-0.15, -0.1) is 0 Å². The number of hydrogen-bond acceptors (Lipinski definition) is 6. The molecule has 0 amide bonds.